The summed E-state index contributed by atoms with van der Waals surface area (Å²) >= 11 is 0. The second kappa shape index (κ2) is 13.8. The van der Waals surface area contributed by atoms with Gasteiger partial charge in [0.1, 0.15) is 17.2 Å². The average molecular weight is 617 g/mol. The highest BCUT2D eigenvalue weighted by Crippen LogP contribution is 2.39. The van der Waals surface area contributed by atoms with Crippen LogP contribution in [0.5, 0.6) is 11.5 Å². The number of amides is 1. The first kappa shape index (κ1) is 32.3. The minimum absolute atomic E-state index is 0.0448. The summed E-state index contributed by atoms with van der Waals surface area (Å²) in [5.74, 6) is -2.40. The monoisotopic (exact) mass is 616 g/mol. The SMILES string of the molecule is C=Nc1cc(OC)c(OC)cc1/C(=C\C)C(=O)c1ccc(NC(=O)c2cn(CCC)c(=O)n(-c3ccc(F)cc3)c2=O)cc1F. The van der Waals surface area contributed by atoms with Crippen LogP contribution in [0.3, 0.4) is 0 Å². The maximum absolute atomic E-state index is 15.4. The molecule has 1 N–H and O–H groups in total. The molecule has 12 heteroatoms. The van der Waals surface area contributed by atoms with Crippen molar-refractivity contribution in [1.29, 1.82) is 0 Å². The number of ketones is 1. The Labute approximate surface area is 256 Å². The number of hydrogen-bond acceptors (Lipinski definition) is 7. The Hall–Kier alpha value is -5.65. The number of ether oxygens (including phenoxy) is 2. The predicted molar refractivity (Wildman–Crippen MR) is 168 cm³/mol. The van der Waals surface area contributed by atoms with Gasteiger partial charge in [0.2, 0.25) is 0 Å². The van der Waals surface area contributed by atoms with Gasteiger partial charge in [-0.25, -0.2) is 18.1 Å². The highest BCUT2D eigenvalue weighted by atomic mass is 19.1. The molecule has 0 saturated carbocycles. The summed E-state index contributed by atoms with van der Waals surface area (Å²) in [6.45, 7) is 7.17. The van der Waals surface area contributed by atoms with Gasteiger partial charge >= 0.3 is 5.69 Å². The van der Waals surface area contributed by atoms with E-state index in [1.54, 1.807) is 19.1 Å². The number of halogens is 2. The van der Waals surface area contributed by atoms with Gasteiger partial charge in [0.25, 0.3) is 11.5 Å². The van der Waals surface area contributed by atoms with Crippen LogP contribution in [0.25, 0.3) is 11.3 Å². The molecule has 0 aliphatic rings. The van der Waals surface area contributed by atoms with Gasteiger partial charge in [0.05, 0.1) is 31.2 Å². The molecule has 45 heavy (non-hydrogen) atoms. The topological polar surface area (TPSA) is 121 Å². The molecular weight excluding hydrogens is 586 g/mol. The molecule has 1 aromatic heterocycles. The standard InChI is InChI=1S/C33H30F2N4O6/c1-6-14-38-18-25(32(42)39(33(38)43)21-11-8-19(34)9-12-21)31(41)37-20-10-13-23(26(35)15-20)30(40)22(7-2)24-16-28(44-4)29(45-5)17-27(24)36-3/h7-13,15-18H,3,6,14H2,1-2,4-5H3,(H,37,41)/b22-7+. The Morgan fingerprint density at radius 3 is 2.20 bits per heavy atom. The maximum Gasteiger partial charge on any atom is 0.335 e. The fraction of sp³-hybridized carbons (Fsp3) is 0.182. The molecule has 4 aromatic rings. The number of methoxy groups -OCH3 is 2. The van der Waals surface area contributed by atoms with E-state index in [1.165, 1.54) is 49.1 Å². The maximum atomic E-state index is 15.4. The second-order valence-corrected chi connectivity index (χ2v) is 9.70. The number of carbonyl (C=O) groups excluding carboxylic acids is 2. The van der Waals surface area contributed by atoms with Gasteiger partial charge in [0.15, 0.2) is 17.3 Å². The fourth-order valence-electron chi connectivity index (χ4n) is 4.72. The summed E-state index contributed by atoms with van der Waals surface area (Å²) in [6, 6.07) is 11.2. The predicted octanol–water partition coefficient (Wildman–Crippen LogP) is 5.58. The second-order valence-electron chi connectivity index (χ2n) is 9.70. The number of benzene rings is 3. The highest BCUT2D eigenvalue weighted by molar-refractivity contribution is 6.30. The lowest BCUT2D eigenvalue weighted by Crippen LogP contribution is -2.42. The molecule has 10 nitrogen and oxygen atoms in total. The van der Waals surface area contributed by atoms with Gasteiger partial charge in [-0.15, -0.1) is 0 Å². The fourth-order valence-corrected chi connectivity index (χ4v) is 4.72. The highest BCUT2D eigenvalue weighted by Gasteiger charge is 2.23. The third-order valence-corrected chi connectivity index (χ3v) is 6.92. The molecule has 4 rings (SSSR count). The van der Waals surface area contributed by atoms with Gasteiger partial charge in [-0.05, 0) is 68.6 Å². The van der Waals surface area contributed by atoms with Crippen molar-refractivity contribution < 1.29 is 27.8 Å². The molecule has 0 unspecified atom stereocenters. The summed E-state index contributed by atoms with van der Waals surface area (Å²) in [5, 5.41) is 2.46. The normalized spacial score (nSPS) is 11.2. The number of nitrogens with one attached hydrogen (secondary N) is 1. The number of aromatic nitrogens is 2. The van der Waals surface area contributed by atoms with Crippen LogP contribution in [0, 0.1) is 11.6 Å². The van der Waals surface area contributed by atoms with Gasteiger partial charge in [0, 0.05) is 35.6 Å². The molecule has 0 saturated heterocycles. The molecular formula is C33H30F2N4O6. The third-order valence-electron chi connectivity index (χ3n) is 6.92. The van der Waals surface area contributed by atoms with Crippen LogP contribution in [0.15, 0.2) is 81.5 Å². The summed E-state index contributed by atoms with van der Waals surface area (Å²) in [6.07, 6.45) is 3.15. The van der Waals surface area contributed by atoms with E-state index in [9.17, 15) is 23.6 Å². The zero-order valence-corrected chi connectivity index (χ0v) is 25.0. The van der Waals surface area contributed by atoms with E-state index in [4.69, 9.17) is 9.47 Å². The summed E-state index contributed by atoms with van der Waals surface area (Å²) in [7, 11) is 2.88. The number of rotatable bonds is 11. The van der Waals surface area contributed by atoms with Crippen molar-refractivity contribution in [1.82, 2.24) is 9.13 Å². The minimum atomic E-state index is -0.942. The quantitative estimate of drug-likeness (QED) is 0.134. The number of carbonyl (C=O) groups is 2. The molecule has 0 aliphatic carbocycles. The van der Waals surface area contributed by atoms with Crippen LogP contribution in [-0.4, -0.2) is 41.8 Å². The number of allylic oxidation sites excluding steroid dienone is 2. The first-order chi connectivity index (χ1) is 21.6. The first-order valence-electron chi connectivity index (χ1n) is 13.8. The molecule has 1 amide bonds. The molecule has 3 aromatic carbocycles. The number of Topliss-reactive ketones (excluding diaryl/α,β-unsaturated/α-hetero) is 1. The first-order valence-corrected chi connectivity index (χ1v) is 13.8. The molecule has 0 bridgehead atoms. The van der Waals surface area contributed by atoms with E-state index < -0.39 is 40.1 Å². The lowest BCUT2D eigenvalue weighted by molar-refractivity contribution is 0.102. The molecule has 0 spiro atoms. The average Bonchev–Trinajstić information content (AvgIpc) is 3.03. The van der Waals surface area contributed by atoms with Crippen molar-refractivity contribution in [3.8, 4) is 17.2 Å². The molecule has 0 atom stereocenters. The van der Waals surface area contributed by atoms with E-state index in [-0.39, 0.29) is 29.1 Å². The van der Waals surface area contributed by atoms with Crippen LogP contribution in [0.1, 0.15) is 46.5 Å². The number of nitrogens with zero attached hydrogens (tertiary/aromatic N) is 3. The van der Waals surface area contributed by atoms with Crippen LogP contribution >= 0.6 is 0 Å². The summed E-state index contributed by atoms with van der Waals surface area (Å²) < 4.78 is 41.5. The molecule has 1 heterocycles. The van der Waals surface area contributed by atoms with Crippen LogP contribution < -0.4 is 26.0 Å². The van der Waals surface area contributed by atoms with E-state index in [2.05, 4.69) is 17.0 Å². The van der Waals surface area contributed by atoms with Gasteiger partial charge in [-0.2, -0.15) is 0 Å². The molecule has 0 fully saturated rings. The van der Waals surface area contributed by atoms with E-state index >= 15 is 4.39 Å². The van der Waals surface area contributed by atoms with E-state index in [1.807, 2.05) is 6.92 Å². The number of aryl methyl sites for hydroxylation is 1. The largest absolute Gasteiger partial charge is 0.493 e. The lowest BCUT2D eigenvalue weighted by atomic mass is 9.94. The molecule has 0 aliphatic heterocycles. The van der Waals surface area contributed by atoms with Crippen molar-refractivity contribution in [3.63, 3.8) is 0 Å². The Morgan fingerprint density at radius 1 is 0.956 bits per heavy atom. The number of anilines is 1. The Bertz CT molecular complexity index is 1940. The van der Waals surface area contributed by atoms with E-state index in [0.717, 1.165) is 29.0 Å². The third kappa shape index (κ3) is 6.49. The Balaban J connectivity index is 1.68. The Morgan fingerprint density at radius 2 is 1.62 bits per heavy atom. The lowest BCUT2D eigenvalue weighted by Gasteiger charge is -2.15. The number of aliphatic imine (C=N–C) groups is 1. The Kier molecular flexibility index (Phi) is 9.87. The summed E-state index contributed by atoms with van der Waals surface area (Å²) in [4.78, 5) is 57.1. The van der Waals surface area contributed by atoms with Crippen molar-refractivity contribution in [2.45, 2.75) is 26.8 Å². The zero-order valence-electron chi connectivity index (χ0n) is 25.0. The smallest absolute Gasteiger partial charge is 0.335 e. The summed E-state index contributed by atoms with van der Waals surface area (Å²) in [5.41, 5.74) is -1.54. The van der Waals surface area contributed by atoms with Gasteiger partial charge in [-0.3, -0.25) is 23.9 Å². The van der Waals surface area contributed by atoms with Crippen LogP contribution in [-0.2, 0) is 6.54 Å². The van der Waals surface area contributed by atoms with Gasteiger partial charge in [-0.1, -0.05) is 13.0 Å². The van der Waals surface area contributed by atoms with E-state index in [0.29, 0.717) is 29.2 Å². The van der Waals surface area contributed by atoms with Gasteiger partial charge < -0.3 is 14.8 Å². The van der Waals surface area contributed by atoms with Crippen molar-refractivity contribution in [3.05, 3.63) is 116 Å². The minimum Gasteiger partial charge on any atom is -0.493 e. The molecule has 232 valence electrons. The zero-order chi connectivity index (χ0) is 32.8. The molecule has 0 radical (unpaired) electrons. The van der Waals surface area contributed by atoms with Crippen molar-refractivity contribution in [2.24, 2.45) is 4.99 Å². The number of hydrogen-bond donors (Lipinski definition) is 1. The van der Waals surface area contributed by atoms with Crippen molar-refractivity contribution >= 4 is 35.4 Å². The van der Waals surface area contributed by atoms with Crippen molar-refractivity contribution in [2.75, 3.05) is 19.5 Å². The van der Waals surface area contributed by atoms with Crippen LogP contribution in [0.2, 0.25) is 0 Å². The van der Waals surface area contributed by atoms with Crippen LogP contribution in [0.4, 0.5) is 20.2 Å².